The summed E-state index contributed by atoms with van der Waals surface area (Å²) in [7, 11) is -3.74. The first-order chi connectivity index (χ1) is 12.1. The van der Waals surface area contributed by atoms with Gasteiger partial charge in [-0.15, -0.1) is 0 Å². The van der Waals surface area contributed by atoms with Crippen molar-refractivity contribution in [1.82, 2.24) is 5.32 Å². The van der Waals surface area contributed by atoms with Crippen molar-refractivity contribution in [3.8, 4) is 0 Å². The average molecular weight is 378 g/mol. The highest BCUT2D eigenvalue weighted by Crippen LogP contribution is 2.20. The van der Waals surface area contributed by atoms with Gasteiger partial charge in [-0.1, -0.05) is 24.3 Å². The molecular formula is C19H23FN2O3S. The van der Waals surface area contributed by atoms with E-state index in [1.807, 2.05) is 39.0 Å². The van der Waals surface area contributed by atoms with Gasteiger partial charge in [0.25, 0.3) is 0 Å². The smallest absolute Gasteiger partial charge is 0.241 e. The van der Waals surface area contributed by atoms with E-state index in [0.717, 1.165) is 33.3 Å². The van der Waals surface area contributed by atoms with E-state index in [2.05, 4.69) is 5.32 Å². The fourth-order valence-electron chi connectivity index (χ4n) is 2.57. The molecule has 0 aliphatic carbocycles. The van der Waals surface area contributed by atoms with Crippen molar-refractivity contribution in [2.75, 3.05) is 17.1 Å². The number of benzene rings is 2. The Morgan fingerprint density at radius 1 is 1.15 bits per heavy atom. The van der Waals surface area contributed by atoms with E-state index in [0.29, 0.717) is 0 Å². The molecule has 0 saturated carbocycles. The van der Waals surface area contributed by atoms with Crippen molar-refractivity contribution in [2.24, 2.45) is 0 Å². The maximum atomic E-state index is 13.4. The van der Waals surface area contributed by atoms with Crippen LogP contribution >= 0.6 is 0 Å². The van der Waals surface area contributed by atoms with Crippen LogP contribution in [0.3, 0.4) is 0 Å². The summed E-state index contributed by atoms with van der Waals surface area (Å²) in [5.74, 6) is -1.04. The number of rotatable bonds is 6. The van der Waals surface area contributed by atoms with E-state index in [9.17, 15) is 17.6 Å². The molecule has 26 heavy (non-hydrogen) atoms. The Balaban J connectivity index is 2.15. The summed E-state index contributed by atoms with van der Waals surface area (Å²) in [6.07, 6.45) is 0.984. The summed E-state index contributed by atoms with van der Waals surface area (Å²) >= 11 is 0. The van der Waals surface area contributed by atoms with Gasteiger partial charge in [0.05, 0.1) is 18.0 Å². The minimum atomic E-state index is -3.74. The largest absolute Gasteiger partial charge is 0.348 e. The number of hydrogen-bond acceptors (Lipinski definition) is 3. The molecule has 5 nitrogen and oxygen atoms in total. The monoisotopic (exact) mass is 378 g/mol. The second-order valence-electron chi connectivity index (χ2n) is 6.38. The first-order valence-corrected chi connectivity index (χ1v) is 10.0. The first-order valence-electron chi connectivity index (χ1n) is 8.17. The van der Waals surface area contributed by atoms with Crippen LogP contribution in [0.2, 0.25) is 0 Å². The zero-order valence-corrected chi connectivity index (χ0v) is 16.1. The number of carbonyl (C=O) groups excluding carboxylic acids is 1. The Bertz CT molecular complexity index is 913. The van der Waals surface area contributed by atoms with Gasteiger partial charge in [-0.25, -0.2) is 12.8 Å². The molecule has 0 spiro atoms. The van der Waals surface area contributed by atoms with Crippen molar-refractivity contribution in [3.05, 3.63) is 65.0 Å². The number of nitrogens with zero attached hydrogens (tertiary/aromatic N) is 1. The van der Waals surface area contributed by atoms with Crippen LogP contribution in [0.15, 0.2) is 42.5 Å². The molecule has 1 amide bonds. The molecule has 2 aromatic carbocycles. The van der Waals surface area contributed by atoms with Crippen molar-refractivity contribution in [3.63, 3.8) is 0 Å². The van der Waals surface area contributed by atoms with Crippen LogP contribution in [-0.2, 0) is 14.8 Å². The molecule has 2 rings (SSSR count). The number of aryl methyl sites for hydroxylation is 2. The number of sulfonamides is 1. The SMILES string of the molecule is Cc1ccc([C@@H](C)NC(=O)CN(c2cccc(F)c2)S(C)(=O)=O)cc1C. The van der Waals surface area contributed by atoms with Gasteiger partial charge in [-0.2, -0.15) is 0 Å². The molecule has 0 aromatic heterocycles. The summed E-state index contributed by atoms with van der Waals surface area (Å²) in [4.78, 5) is 12.4. The van der Waals surface area contributed by atoms with Crippen LogP contribution in [-0.4, -0.2) is 27.1 Å². The zero-order valence-electron chi connectivity index (χ0n) is 15.3. The minimum absolute atomic E-state index is 0.112. The Morgan fingerprint density at radius 3 is 2.42 bits per heavy atom. The molecule has 0 radical (unpaired) electrons. The molecular weight excluding hydrogens is 355 g/mol. The van der Waals surface area contributed by atoms with Gasteiger partial charge in [-0.3, -0.25) is 9.10 Å². The van der Waals surface area contributed by atoms with Crippen LogP contribution in [0.1, 0.15) is 29.7 Å². The molecule has 0 aliphatic rings. The zero-order chi connectivity index (χ0) is 19.5. The predicted octanol–water partition coefficient (Wildman–Crippen LogP) is 3.09. The molecule has 1 atom stereocenters. The normalized spacial score (nSPS) is 12.5. The van der Waals surface area contributed by atoms with Crippen molar-refractivity contribution < 1.29 is 17.6 Å². The van der Waals surface area contributed by atoms with Gasteiger partial charge < -0.3 is 5.32 Å². The highest BCUT2D eigenvalue weighted by molar-refractivity contribution is 7.92. The highest BCUT2D eigenvalue weighted by atomic mass is 32.2. The lowest BCUT2D eigenvalue weighted by Gasteiger charge is -2.23. The van der Waals surface area contributed by atoms with E-state index in [1.165, 1.54) is 18.2 Å². The van der Waals surface area contributed by atoms with Crippen LogP contribution in [0.5, 0.6) is 0 Å². The van der Waals surface area contributed by atoms with E-state index >= 15 is 0 Å². The first kappa shape index (κ1) is 19.9. The number of hydrogen-bond donors (Lipinski definition) is 1. The molecule has 2 aromatic rings. The Kier molecular flexibility index (Phi) is 6.02. The molecule has 1 N–H and O–H groups in total. The van der Waals surface area contributed by atoms with Gasteiger partial charge in [-0.05, 0) is 55.7 Å². The topological polar surface area (TPSA) is 66.5 Å². The van der Waals surface area contributed by atoms with E-state index < -0.39 is 28.3 Å². The molecule has 0 unspecified atom stereocenters. The van der Waals surface area contributed by atoms with Gasteiger partial charge in [0.2, 0.25) is 15.9 Å². The third kappa shape index (κ3) is 5.05. The van der Waals surface area contributed by atoms with Crippen LogP contribution < -0.4 is 9.62 Å². The standard InChI is InChI=1S/C19H23FN2O3S/c1-13-8-9-16(10-14(13)2)15(3)21-19(23)12-22(26(4,24)25)18-7-5-6-17(20)11-18/h5-11,15H,12H2,1-4H3,(H,21,23)/t15-/m1/s1. The highest BCUT2D eigenvalue weighted by Gasteiger charge is 2.22. The summed E-state index contributed by atoms with van der Waals surface area (Å²) in [5, 5.41) is 2.79. The van der Waals surface area contributed by atoms with Crippen molar-refractivity contribution in [1.29, 1.82) is 0 Å². The minimum Gasteiger partial charge on any atom is -0.348 e. The second kappa shape index (κ2) is 7.86. The maximum absolute atomic E-state index is 13.4. The fourth-order valence-corrected chi connectivity index (χ4v) is 3.41. The van der Waals surface area contributed by atoms with Crippen molar-refractivity contribution >= 4 is 21.6 Å². The van der Waals surface area contributed by atoms with Gasteiger partial charge in [0.1, 0.15) is 12.4 Å². The third-order valence-corrected chi connectivity index (χ3v) is 5.33. The third-order valence-electron chi connectivity index (χ3n) is 4.19. The van der Waals surface area contributed by atoms with E-state index in [-0.39, 0.29) is 11.7 Å². The molecule has 0 bridgehead atoms. The number of carbonyl (C=O) groups is 1. The quantitative estimate of drug-likeness (QED) is 0.840. The molecule has 0 saturated heterocycles. The summed E-state index contributed by atoms with van der Waals surface area (Å²) in [6.45, 7) is 5.40. The molecule has 0 aliphatic heterocycles. The maximum Gasteiger partial charge on any atom is 0.241 e. The van der Waals surface area contributed by atoms with Crippen molar-refractivity contribution in [2.45, 2.75) is 26.8 Å². The Hall–Kier alpha value is -2.41. The number of nitrogens with one attached hydrogen (secondary N) is 1. The number of amides is 1. The summed E-state index contributed by atoms with van der Waals surface area (Å²) in [5.41, 5.74) is 3.31. The lowest BCUT2D eigenvalue weighted by molar-refractivity contribution is -0.120. The molecule has 0 heterocycles. The molecule has 140 valence electrons. The number of halogens is 1. The van der Waals surface area contributed by atoms with Crippen LogP contribution in [0.25, 0.3) is 0 Å². The van der Waals surface area contributed by atoms with Crippen LogP contribution in [0, 0.1) is 19.7 Å². The Morgan fingerprint density at radius 2 is 1.85 bits per heavy atom. The lowest BCUT2D eigenvalue weighted by Crippen LogP contribution is -2.41. The van der Waals surface area contributed by atoms with Gasteiger partial charge in [0.15, 0.2) is 0 Å². The van der Waals surface area contributed by atoms with Gasteiger partial charge >= 0.3 is 0 Å². The fraction of sp³-hybridized carbons (Fsp3) is 0.316. The predicted molar refractivity (Wildman–Crippen MR) is 101 cm³/mol. The molecule has 0 fully saturated rings. The lowest BCUT2D eigenvalue weighted by atomic mass is 10.0. The Labute approximate surface area is 153 Å². The van der Waals surface area contributed by atoms with Gasteiger partial charge in [0, 0.05) is 0 Å². The second-order valence-corrected chi connectivity index (χ2v) is 8.29. The number of anilines is 1. The molecule has 7 heteroatoms. The average Bonchev–Trinajstić information content (AvgIpc) is 2.54. The van der Waals surface area contributed by atoms with E-state index in [4.69, 9.17) is 0 Å². The summed E-state index contributed by atoms with van der Waals surface area (Å²) in [6, 6.07) is 10.8. The summed E-state index contributed by atoms with van der Waals surface area (Å²) < 4.78 is 38.4. The van der Waals surface area contributed by atoms with E-state index in [1.54, 1.807) is 0 Å². The van der Waals surface area contributed by atoms with Crippen LogP contribution in [0.4, 0.5) is 10.1 Å².